The maximum atomic E-state index is 11.4. The van der Waals surface area contributed by atoms with Crippen LogP contribution >= 0.6 is 11.3 Å². The van der Waals surface area contributed by atoms with Crippen LogP contribution in [0.3, 0.4) is 0 Å². The van der Waals surface area contributed by atoms with Crippen molar-refractivity contribution in [1.82, 2.24) is 4.98 Å². The second-order valence-corrected chi connectivity index (χ2v) is 5.23. The number of aromatic amines is 1. The van der Waals surface area contributed by atoms with E-state index < -0.39 is 0 Å². The van der Waals surface area contributed by atoms with Crippen LogP contribution in [0.4, 0.5) is 0 Å². The Morgan fingerprint density at radius 2 is 1.95 bits per heavy atom. The molecule has 0 aliphatic heterocycles. The molecular formula is C15H12N2O2S. The molecule has 0 atom stereocenters. The normalized spacial score (nSPS) is 11.8. The van der Waals surface area contributed by atoms with E-state index in [1.54, 1.807) is 0 Å². The Bertz CT molecular complexity index is 819. The summed E-state index contributed by atoms with van der Waals surface area (Å²) in [5, 5.41) is 4.11. The van der Waals surface area contributed by atoms with Crippen LogP contribution in [0.15, 0.2) is 58.5 Å². The molecule has 0 aliphatic rings. The van der Waals surface area contributed by atoms with Gasteiger partial charge in [0.25, 0.3) is 0 Å². The van der Waals surface area contributed by atoms with Crippen LogP contribution in [0.2, 0.25) is 0 Å². The highest BCUT2D eigenvalue weighted by atomic mass is 32.1. The number of thiazole rings is 1. The SMILES string of the molecule is CON=C(c1ccccc1)c1ccc2[nH]c(=O)sc2c1. The lowest BCUT2D eigenvalue weighted by molar-refractivity contribution is 0.214. The van der Waals surface area contributed by atoms with E-state index in [1.165, 1.54) is 18.4 Å². The zero-order valence-corrected chi connectivity index (χ0v) is 11.6. The van der Waals surface area contributed by atoms with Crippen molar-refractivity contribution in [3.05, 3.63) is 69.3 Å². The summed E-state index contributed by atoms with van der Waals surface area (Å²) in [5.74, 6) is 0. The summed E-state index contributed by atoms with van der Waals surface area (Å²) in [5.41, 5.74) is 3.47. The third-order valence-corrected chi connectivity index (χ3v) is 3.77. The van der Waals surface area contributed by atoms with Gasteiger partial charge < -0.3 is 9.82 Å². The van der Waals surface area contributed by atoms with Crippen molar-refractivity contribution in [2.24, 2.45) is 5.16 Å². The molecule has 100 valence electrons. The fourth-order valence-corrected chi connectivity index (χ4v) is 2.83. The van der Waals surface area contributed by atoms with Crippen molar-refractivity contribution in [3.8, 4) is 0 Å². The first-order valence-electron chi connectivity index (χ1n) is 6.08. The van der Waals surface area contributed by atoms with E-state index in [-0.39, 0.29) is 4.87 Å². The third kappa shape index (κ3) is 2.35. The number of oxime groups is 1. The summed E-state index contributed by atoms with van der Waals surface area (Å²) in [6.07, 6.45) is 0. The van der Waals surface area contributed by atoms with Gasteiger partial charge in [0.15, 0.2) is 0 Å². The van der Waals surface area contributed by atoms with E-state index in [1.807, 2.05) is 48.5 Å². The number of rotatable bonds is 3. The van der Waals surface area contributed by atoms with Crippen molar-refractivity contribution in [3.63, 3.8) is 0 Å². The van der Waals surface area contributed by atoms with E-state index in [9.17, 15) is 4.79 Å². The fraction of sp³-hybridized carbons (Fsp3) is 0.0667. The van der Waals surface area contributed by atoms with Crippen LogP contribution in [0.1, 0.15) is 11.1 Å². The molecule has 0 fully saturated rings. The third-order valence-electron chi connectivity index (χ3n) is 2.92. The smallest absolute Gasteiger partial charge is 0.305 e. The Labute approximate surface area is 119 Å². The van der Waals surface area contributed by atoms with Gasteiger partial charge in [-0.1, -0.05) is 52.9 Å². The Morgan fingerprint density at radius 1 is 1.15 bits per heavy atom. The summed E-state index contributed by atoms with van der Waals surface area (Å²) in [6, 6.07) is 15.6. The van der Waals surface area contributed by atoms with Gasteiger partial charge in [0.1, 0.15) is 12.8 Å². The van der Waals surface area contributed by atoms with Crippen LogP contribution in [0.25, 0.3) is 10.2 Å². The minimum Gasteiger partial charge on any atom is -0.399 e. The van der Waals surface area contributed by atoms with Crippen molar-refractivity contribution in [2.45, 2.75) is 0 Å². The highest BCUT2D eigenvalue weighted by Crippen LogP contribution is 2.19. The molecule has 2 aromatic carbocycles. The molecule has 0 aliphatic carbocycles. The van der Waals surface area contributed by atoms with Crippen molar-refractivity contribution < 1.29 is 4.84 Å². The topological polar surface area (TPSA) is 54.4 Å². The first kappa shape index (κ1) is 12.6. The Kier molecular flexibility index (Phi) is 3.35. The highest BCUT2D eigenvalue weighted by molar-refractivity contribution is 7.16. The lowest BCUT2D eigenvalue weighted by atomic mass is 10.0. The average molecular weight is 284 g/mol. The monoisotopic (exact) mass is 284 g/mol. The molecule has 0 radical (unpaired) electrons. The molecule has 0 spiro atoms. The maximum absolute atomic E-state index is 11.4. The molecule has 1 N–H and O–H groups in total. The van der Waals surface area contributed by atoms with E-state index in [4.69, 9.17) is 4.84 Å². The van der Waals surface area contributed by atoms with E-state index >= 15 is 0 Å². The number of nitrogens with one attached hydrogen (secondary N) is 1. The number of benzene rings is 2. The lowest BCUT2D eigenvalue weighted by Crippen LogP contribution is -2.03. The zero-order chi connectivity index (χ0) is 13.9. The zero-order valence-electron chi connectivity index (χ0n) is 10.8. The van der Waals surface area contributed by atoms with Gasteiger partial charge in [-0.2, -0.15) is 0 Å². The van der Waals surface area contributed by atoms with Gasteiger partial charge in [-0.3, -0.25) is 4.79 Å². The quantitative estimate of drug-likeness (QED) is 0.594. The summed E-state index contributed by atoms with van der Waals surface area (Å²) < 4.78 is 0.909. The van der Waals surface area contributed by atoms with Crippen LogP contribution in [-0.2, 0) is 4.84 Å². The van der Waals surface area contributed by atoms with E-state index in [0.29, 0.717) is 0 Å². The molecule has 0 saturated carbocycles. The highest BCUT2D eigenvalue weighted by Gasteiger charge is 2.09. The van der Waals surface area contributed by atoms with Crippen LogP contribution < -0.4 is 4.87 Å². The van der Waals surface area contributed by atoms with E-state index in [0.717, 1.165) is 27.1 Å². The van der Waals surface area contributed by atoms with Gasteiger partial charge >= 0.3 is 4.87 Å². The van der Waals surface area contributed by atoms with Crippen LogP contribution in [-0.4, -0.2) is 17.8 Å². The minimum atomic E-state index is -0.0536. The Balaban J connectivity index is 2.15. The van der Waals surface area contributed by atoms with Crippen molar-refractivity contribution in [2.75, 3.05) is 7.11 Å². The summed E-state index contributed by atoms with van der Waals surface area (Å²) in [4.78, 5) is 19.1. The molecule has 0 saturated heterocycles. The number of nitrogens with zero attached hydrogens (tertiary/aromatic N) is 1. The first-order valence-corrected chi connectivity index (χ1v) is 6.89. The molecule has 3 rings (SSSR count). The predicted molar refractivity (Wildman–Crippen MR) is 81.5 cm³/mol. The average Bonchev–Trinajstić information content (AvgIpc) is 2.84. The Morgan fingerprint density at radius 3 is 2.70 bits per heavy atom. The minimum absolute atomic E-state index is 0.0536. The molecule has 0 bridgehead atoms. The molecule has 20 heavy (non-hydrogen) atoms. The van der Waals surface area contributed by atoms with Crippen molar-refractivity contribution in [1.29, 1.82) is 0 Å². The van der Waals surface area contributed by atoms with Gasteiger partial charge in [0.05, 0.1) is 10.2 Å². The summed E-state index contributed by atoms with van der Waals surface area (Å²) in [6.45, 7) is 0. The molecule has 5 heteroatoms. The molecule has 4 nitrogen and oxygen atoms in total. The number of hydrogen-bond donors (Lipinski definition) is 1. The standard InChI is InChI=1S/C15H12N2O2S/c1-19-17-14(10-5-3-2-4-6-10)11-7-8-12-13(9-11)20-15(18)16-12/h2-9H,1H3,(H,16,18). The molecule has 3 aromatic rings. The molecule has 1 heterocycles. The van der Waals surface area contributed by atoms with Gasteiger partial charge in [0, 0.05) is 11.1 Å². The van der Waals surface area contributed by atoms with Gasteiger partial charge in [-0.05, 0) is 12.1 Å². The van der Waals surface area contributed by atoms with Crippen molar-refractivity contribution >= 4 is 27.3 Å². The molecule has 0 amide bonds. The van der Waals surface area contributed by atoms with Gasteiger partial charge in [0.2, 0.25) is 0 Å². The van der Waals surface area contributed by atoms with Gasteiger partial charge in [-0.15, -0.1) is 0 Å². The van der Waals surface area contributed by atoms with Gasteiger partial charge in [-0.25, -0.2) is 0 Å². The largest absolute Gasteiger partial charge is 0.399 e. The lowest BCUT2D eigenvalue weighted by Gasteiger charge is -2.06. The molecule has 0 unspecified atom stereocenters. The van der Waals surface area contributed by atoms with Crippen LogP contribution in [0.5, 0.6) is 0 Å². The second kappa shape index (κ2) is 5.30. The number of aromatic nitrogens is 1. The van der Waals surface area contributed by atoms with E-state index in [2.05, 4.69) is 10.1 Å². The number of fused-ring (bicyclic) bond motifs is 1. The summed E-state index contributed by atoms with van der Waals surface area (Å²) >= 11 is 1.19. The van der Waals surface area contributed by atoms with Crippen LogP contribution in [0, 0.1) is 0 Å². The molecule has 1 aromatic heterocycles. The Hall–Kier alpha value is -2.40. The first-order chi connectivity index (χ1) is 9.78. The molecular weight excluding hydrogens is 272 g/mol. The number of H-pyrrole nitrogens is 1. The predicted octanol–water partition coefficient (Wildman–Crippen LogP) is 2.99. The fourth-order valence-electron chi connectivity index (χ4n) is 2.05. The number of hydrogen-bond acceptors (Lipinski definition) is 4. The second-order valence-electron chi connectivity index (χ2n) is 4.21. The summed E-state index contributed by atoms with van der Waals surface area (Å²) in [7, 11) is 1.52. The maximum Gasteiger partial charge on any atom is 0.305 e.